The van der Waals surface area contributed by atoms with Gasteiger partial charge in [0.15, 0.2) is 5.96 Å². The molecule has 5 nitrogen and oxygen atoms in total. The highest BCUT2D eigenvalue weighted by molar-refractivity contribution is 14.0. The van der Waals surface area contributed by atoms with Gasteiger partial charge in [0.25, 0.3) is 0 Å². The van der Waals surface area contributed by atoms with E-state index in [0.717, 1.165) is 44.2 Å². The van der Waals surface area contributed by atoms with E-state index >= 15 is 0 Å². The number of aromatic nitrogens is 2. The number of aliphatic imine (C=N–C) groups is 1. The minimum absolute atomic E-state index is 0. The van der Waals surface area contributed by atoms with Crippen molar-refractivity contribution in [2.45, 2.75) is 26.2 Å². The molecule has 3 rings (SSSR count). The largest absolute Gasteiger partial charge is 0.357 e. The number of likely N-dealkylation sites (tertiary alicyclic amines) is 1. The van der Waals surface area contributed by atoms with Crippen LogP contribution >= 0.6 is 24.0 Å². The Bertz CT molecular complexity index is 615. The molecule has 24 heavy (non-hydrogen) atoms. The van der Waals surface area contributed by atoms with Gasteiger partial charge in [0, 0.05) is 38.6 Å². The third-order valence-corrected chi connectivity index (χ3v) is 4.11. The van der Waals surface area contributed by atoms with Gasteiger partial charge in [0.2, 0.25) is 0 Å². The summed E-state index contributed by atoms with van der Waals surface area (Å²) < 4.78 is 1.87. The third kappa shape index (κ3) is 4.96. The molecule has 0 saturated carbocycles. The van der Waals surface area contributed by atoms with Crippen molar-refractivity contribution in [2.75, 3.05) is 26.2 Å². The number of hydrogen-bond donors (Lipinski definition) is 1. The van der Waals surface area contributed by atoms with Crippen molar-refractivity contribution in [1.82, 2.24) is 20.0 Å². The van der Waals surface area contributed by atoms with Crippen molar-refractivity contribution in [3.05, 3.63) is 48.3 Å². The predicted molar refractivity (Wildman–Crippen MR) is 109 cm³/mol. The first-order valence-corrected chi connectivity index (χ1v) is 8.49. The summed E-state index contributed by atoms with van der Waals surface area (Å²) in [5.74, 6) is 1.07. The van der Waals surface area contributed by atoms with Gasteiger partial charge in [-0.3, -0.25) is 4.99 Å². The number of guanidine groups is 1. The Morgan fingerprint density at radius 3 is 2.58 bits per heavy atom. The van der Waals surface area contributed by atoms with Crippen molar-refractivity contribution >= 4 is 29.9 Å². The van der Waals surface area contributed by atoms with E-state index in [9.17, 15) is 0 Å². The molecule has 0 unspecified atom stereocenters. The summed E-state index contributed by atoms with van der Waals surface area (Å²) in [4.78, 5) is 7.14. The van der Waals surface area contributed by atoms with E-state index in [1.165, 1.54) is 18.4 Å². The van der Waals surface area contributed by atoms with Gasteiger partial charge in [0.05, 0.1) is 5.69 Å². The summed E-state index contributed by atoms with van der Waals surface area (Å²) in [5, 5.41) is 7.65. The molecule has 0 aliphatic carbocycles. The molecule has 0 bridgehead atoms. The lowest BCUT2D eigenvalue weighted by atomic mass is 10.1. The molecule has 1 N–H and O–H groups in total. The summed E-state index contributed by atoms with van der Waals surface area (Å²) in [6.07, 6.45) is 7.27. The molecule has 0 radical (unpaired) electrons. The molecule has 6 heteroatoms. The molecule has 2 aromatic rings. The van der Waals surface area contributed by atoms with Crippen LogP contribution in [0, 0.1) is 0 Å². The van der Waals surface area contributed by atoms with E-state index in [0.29, 0.717) is 0 Å². The van der Waals surface area contributed by atoms with Gasteiger partial charge in [-0.1, -0.05) is 12.1 Å². The van der Waals surface area contributed by atoms with Gasteiger partial charge in [-0.05, 0) is 49.9 Å². The second kappa shape index (κ2) is 9.66. The lowest BCUT2D eigenvalue weighted by Gasteiger charge is -2.20. The van der Waals surface area contributed by atoms with Crippen LogP contribution in [0.1, 0.15) is 25.3 Å². The Kier molecular flexibility index (Phi) is 7.55. The lowest BCUT2D eigenvalue weighted by Crippen LogP contribution is -2.39. The molecule has 1 saturated heterocycles. The Morgan fingerprint density at radius 2 is 1.96 bits per heavy atom. The van der Waals surface area contributed by atoms with Crippen LogP contribution in [0.4, 0.5) is 0 Å². The summed E-state index contributed by atoms with van der Waals surface area (Å²) in [7, 11) is 0. The molecule has 1 aromatic heterocycles. The first-order valence-electron chi connectivity index (χ1n) is 8.49. The zero-order chi connectivity index (χ0) is 15.9. The van der Waals surface area contributed by atoms with Crippen molar-refractivity contribution in [3.63, 3.8) is 0 Å². The molecule has 0 amide bonds. The van der Waals surface area contributed by atoms with Gasteiger partial charge in [-0.25, -0.2) is 4.68 Å². The highest BCUT2D eigenvalue weighted by Crippen LogP contribution is 2.10. The number of halogens is 1. The van der Waals surface area contributed by atoms with Gasteiger partial charge in [-0.15, -0.1) is 24.0 Å². The normalized spacial score (nSPS) is 14.5. The zero-order valence-electron chi connectivity index (χ0n) is 14.2. The minimum atomic E-state index is 0. The van der Waals surface area contributed by atoms with Crippen LogP contribution in [-0.2, 0) is 6.42 Å². The summed E-state index contributed by atoms with van der Waals surface area (Å²) in [6.45, 7) is 6.13. The SMILES string of the molecule is CCNC(=NCCc1ccc(-n2cccn2)cc1)N1CCCC1.I. The average Bonchev–Trinajstić information content (AvgIpc) is 3.28. The van der Waals surface area contributed by atoms with Crippen LogP contribution in [0.3, 0.4) is 0 Å². The van der Waals surface area contributed by atoms with E-state index in [1.54, 1.807) is 6.20 Å². The molecule has 1 aliphatic heterocycles. The lowest BCUT2D eigenvalue weighted by molar-refractivity contribution is 0.494. The predicted octanol–water partition coefficient (Wildman–Crippen LogP) is 3.09. The highest BCUT2D eigenvalue weighted by Gasteiger charge is 2.15. The summed E-state index contributed by atoms with van der Waals surface area (Å²) >= 11 is 0. The van der Waals surface area contributed by atoms with Crippen LogP contribution in [0.5, 0.6) is 0 Å². The van der Waals surface area contributed by atoms with E-state index in [4.69, 9.17) is 4.99 Å². The molecule has 1 aromatic carbocycles. The number of nitrogens with one attached hydrogen (secondary N) is 1. The van der Waals surface area contributed by atoms with Crippen LogP contribution in [-0.4, -0.2) is 46.8 Å². The maximum atomic E-state index is 4.78. The smallest absolute Gasteiger partial charge is 0.193 e. The summed E-state index contributed by atoms with van der Waals surface area (Å²) in [5.41, 5.74) is 2.40. The van der Waals surface area contributed by atoms with Crippen molar-refractivity contribution in [1.29, 1.82) is 0 Å². The Morgan fingerprint density at radius 1 is 1.21 bits per heavy atom. The quantitative estimate of drug-likeness (QED) is 0.443. The van der Waals surface area contributed by atoms with Crippen molar-refractivity contribution < 1.29 is 0 Å². The first-order chi connectivity index (χ1) is 11.4. The van der Waals surface area contributed by atoms with E-state index < -0.39 is 0 Å². The van der Waals surface area contributed by atoms with Gasteiger partial charge in [0.1, 0.15) is 0 Å². The standard InChI is InChI=1S/C18H25N5.HI/c1-2-19-18(22-13-3-4-14-22)20-12-10-16-6-8-17(9-7-16)23-15-5-11-21-23;/h5-9,11,15H,2-4,10,12-14H2,1H3,(H,19,20);1H. The number of hydrogen-bond acceptors (Lipinski definition) is 2. The molecule has 0 atom stereocenters. The average molecular weight is 439 g/mol. The molecule has 2 heterocycles. The third-order valence-electron chi connectivity index (χ3n) is 4.11. The molecule has 1 aliphatic rings. The number of benzene rings is 1. The minimum Gasteiger partial charge on any atom is -0.357 e. The van der Waals surface area contributed by atoms with E-state index in [1.807, 2.05) is 16.9 Å². The van der Waals surface area contributed by atoms with E-state index in [-0.39, 0.29) is 24.0 Å². The van der Waals surface area contributed by atoms with Gasteiger partial charge >= 0.3 is 0 Å². The Labute approximate surface area is 161 Å². The second-order valence-electron chi connectivity index (χ2n) is 5.80. The Balaban J connectivity index is 0.00000208. The molecule has 0 spiro atoms. The van der Waals surface area contributed by atoms with Crippen molar-refractivity contribution in [3.8, 4) is 5.69 Å². The van der Waals surface area contributed by atoms with Crippen molar-refractivity contribution in [2.24, 2.45) is 4.99 Å². The van der Waals surface area contributed by atoms with Gasteiger partial charge in [-0.2, -0.15) is 5.10 Å². The fourth-order valence-electron chi connectivity index (χ4n) is 2.88. The molecule has 1 fully saturated rings. The topological polar surface area (TPSA) is 45.5 Å². The summed E-state index contributed by atoms with van der Waals surface area (Å²) in [6, 6.07) is 10.5. The first kappa shape index (κ1) is 18.8. The maximum absolute atomic E-state index is 4.78. The number of nitrogens with zero attached hydrogens (tertiary/aromatic N) is 4. The van der Waals surface area contributed by atoms with E-state index in [2.05, 4.69) is 46.5 Å². The fourth-order valence-corrected chi connectivity index (χ4v) is 2.88. The highest BCUT2D eigenvalue weighted by atomic mass is 127. The van der Waals surface area contributed by atoms with Crippen LogP contribution in [0.25, 0.3) is 5.69 Å². The molecular formula is C18H26IN5. The maximum Gasteiger partial charge on any atom is 0.193 e. The Hall–Kier alpha value is -1.57. The van der Waals surface area contributed by atoms with Crippen LogP contribution in [0.15, 0.2) is 47.7 Å². The van der Waals surface area contributed by atoms with Crippen LogP contribution < -0.4 is 5.32 Å². The second-order valence-corrected chi connectivity index (χ2v) is 5.80. The number of rotatable bonds is 5. The zero-order valence-corrected chi connectivity index (χ0v) is 16.5. The monoisotopic (exact) mass is 439 g/mol. The van der Waals surface area contributed by atoms with Crippen LogP contribution in [0.2, 0.25) is 0 Å². The van der Waals surface area contributed by atoms with Gasteiger partial charge < -0.3 is 10.2 Å². The fraction of sp³-hybridized carbons (Fsp3) is 0.444. The molecule has 130 valence electrons. The molecular weight excluding hydrogens is 413 g/mol.